The molecule has 118 valence electrons. The van der Waals surface area contributed by atoms with Gasteiger partial charge in [0.2, 0.25) is 10.0 Å². The maximum Gasteiger partial charge on any atom is 0.240 e. The third kappa shape index (κ3) is 4.18. The van der Waals surface area contributed by atoms with Gasteiger partial charge in [-0.25, -0.2) is 13.1 Å². The summed E-state index contributed by atoms with van der Waals surface area (Å²) in [6, 6.07) is 6.20. The van der Waals surface area contributed by atoms with Crippen molar-refractivity contribution in [3.63, 3.8) is 0 Å². The van der Waals surface area contributed by atoms with E-state index in [0.29, 0.717) is 24.5 Å². The highest BCUT2D eigenvalue weighted by atomic mass is 32.2. The Bertz CT molecular complexity index is 570. The Morgan fingerprint density at radius 1 is 1.38 bits per heavy atom. The number of hydrogen-bond donors (Lipinski definition) is 2. The first-order valence-corrected chi connectivity index (χ1v) is 8.69. The molecule has 0 amide bonds. The molecular weight excluding hydrogens is 290 g/mol. The van der Waals surface area contributed by atoms with E-state index in [-0.39, 0.29) is 11.4 Å². The fraction of sp³-hybridized carbons (Fsp3) is 0.600. The second kappa shape index (κ2) is 6.34. The molecule has 2 unspecified atom stereocenters. The van der Waals surface area contributed by atoms with E-state index in [9.17, 15) is 13.5 Å². The Morgan fingerprint density at radius 3 is 2.62 bits per heavy atom. The van der Waals surface area contributed by atoms with Gasteiger partial charge in [-0.15, -0.1) is 0 Å². The first-order valence-electron chi connectivity index (χ1n) is 7.21. The third-order valence-electron chi connectivity index (χ3n) is 4.03. The standard InChI is InChI=1S/C15H23NO4S/c1-12-4-3-9-15(17,10-12)11-16-21(18,19)14-7-5-13(20-2)6-8-14/h5-8,12,16-17H,3-4,9-11H2,1-2H3. The van der Waals surface area contributed by atoms with E-state index in [1.807, 2.05) is 0 Å². The summed E-state index contributed by atoms with van der Waals surface area (Å²) >= 11 is 0. The van der Waals surface area contributed by atoms with Crippen molar-refractivity contribution in [1.29, 1.82) is 0 Å². The van der Waals surface area contributed by atoms with Crippen LogP contribution in [0.4, 0.5) is 0 Å². The van der Waals surface area contributed by atoms with Crippen molar-refractivity contribution < 1.29 is 18.3 Å². The SMILES string of the molecule is COc1ccc(S(=O)(=O)NCC2(O)CCCC(C)C2)cc1. The van der Waals surface area contributed by atoms with Crippen molar-refractivity contribution >= 4 is 10.0 Å². The van der Waals surface area contributed by atoms with Gasteiger partial charge >= 0.3 is 0 Å². The Morgan fingerprint density at radius 2 is 2.05 bits per heavy atom. The van der Waals surface area contributed by atoms with Gasteiger partial charge in [0.15, 0.2) is 0 Å². The van der Waals surface area contributed by atoms with Crippen molar-refractivity contribution in [2.75, 3.05) is 13.7 Å². The lowest BCUT2D eigenvalue weighted by Gasteiger charge is -2.35. The summed E-state index contributed by atoms with van der Waals surface area (Å²) in [5.41, 5.74) is -0.933. The highest BCUT2D eigenvalue weighted by Crippen LogP contribution is 2.32. The van der Waals surface area contributed by atoms with Crippen LogP contribution in [0.15, 0.2) is 29.2 Å². The van der Waals surface area contributed by atoms with Crippen molar-refractivity contribution in [3.8, 4) is 5.75 Å². The Balaban J connectivity index is 2.03. The molecule has 0 aromatic heterocycles. The van der Waals surface area contributed by atoms with Gasteiger partial charge in [-0.05, 0) is 43.0 Å². The Labute approximate surface area is 126 Å². The molecule has 1 aliphatic carbocycles. The molecule has 6 heteroatoms. The van der Waals surface area contributed by atoms with E-state index < -0.39 is 15.6 Å². The average molecular weight is 313 g/mol. The summed E-state index contributed by atoms with van der Waals surface area (Å²) < 4.78 is 32.0. The summed E-state index contributed by atoms with van der Waals surface area (Å²) in [7, 11) is -2.08. The second-order valence-corrected chi connectivity index (χ2v) is 7.69. The minimum atomic E-state index is -3.61. The fourth-order valence-corrected chi connectivity index (χ4v) is 3.98. The van der Waals surface area contributed by atoms with E-state index in [1.165, 1.54) is 19.2 Å². The molecule has 1 aliphatic rings. The van der Waals surface area contributed by atoms with Crippen molar-refractivity contribution in [2.24, 2.45) is 5.92 Å². The molecule has 0 spiro atoms. The lowest BCUT2D eigenvalue weighted by Crippen LogP contribution is -2.45. The molecule has 0 heterocycles. The van der Waals surface area contributed by atoms with Gasteiger partial charge < -0.3 is 9.84 Å². The van der Waals surface area contributed by atoms with Crippen LogP contribution >= 0.6 is 0 Å². The maximum absolute atomic E-state index is 12.2. The lowest BCUT2D eigenvalue weighted by molar-refractivity contribution is -0.00751. The van der Waals surface area contributed by atoms with Gasteiger partial charge in [0.25, 0.3) is 0 Å². The van der Waals surface area contributed by atoms with E-state index >= 15 is 0 Å². The van der Waals surface area contributed by atoms with Crippen LogP contribution in [-0.4, -0.2) is 32.8 Å². The van der Waals surface area contributed by atoms with E-state index in [1.54, 1.807) is 12.1 Å². The quantitative estimate of drug-likeness (QED) is 0.871. The number of rotatable bonds is 5. The number of ether oxygens (including phenoxy) is 1. The molecule has 1 fully saturated rings. The first-order chi connectivity index (χ1) is 9.85. The Hall–Kier alpha value is -1.11. The second-order valence-electron chi connectivity index (χ2n) is 5.93. The van der Waals surface area contributed by atoms with Crippen LogP contribution in [0.5, 0.6) is 5.75 Å². The first kappa shape index (κ1) is 16.3. The van der Waals surface area contributed by atoms with Gasteiger partial charge in [0.1, 0.15) is 5.75 Å². The van der Waals surface area contributed by atoms with E-state index in [2.05, 4.69) is 11.6 Å². The lowest BCUT2D eigenvalue weighted by atomic mass is 9.79. The average Bonchev–Trinajstić information content (AvgIpc) is 2.45. The zero-order chi connectivity index (χ0) is 15.5. The molecule has 0 radical (unpaired) electrons. The van der Waals surface area contributed by atoms with Crippen LogP contribution in [-0.2, 0) is 10.0 Å². The minimum absolute atomic E-state index is 0.0612. The van der Waals surface area contributed by atoms with Crippen LogP contribution in [0.2, 0.25) is 0 Å². The summed E-state index contributed by atoms with van der Waals surface area (Å²) in [5, 5.41) is 10.5. The van der Waals surface area contributed by atoms with Crippen LogP contribution < -0.4 is 9.46 Å². The van der Waals surface area contributed by atoms with Crippen LogP contribution in [0.1, 0.15) is 32.6 Å². The van der Waals surface area contributed by atoms with Gasteiger partial charge in [0.05, 0.1) is 17.6 Å². The molecule has 2 rings (SSSR count). The highest BCUT2D eigenvalue weighted by molar-refractivity contribution is 7.89. The normalized spacial score (nSPS) is 26.5. The van der Waals surface area contributed by atoms with Crippen LogP contribution in [0.25, 0.3) is 0 Å². The highest BCUT2D eigenvalue weighted by Gasteiger charge is 2.33. The molecule has 0 bridgehead atoms. The topological polar surface area (TPSA) is 75.6 Å². The van der Waals surface area contributed by atoms with E-state index in [0.717, 1.165) is 12.8 Å². The molecule has 21 heavy (non-hydrogen) atoms. The van der Waals surface area contributed by atoms with Gasteiger partial charge in [-0.1, -0.05) is 19.8 Å². The molecule has 0 aliphatic heterocycles. The Kier molecular flexibility index (Phi) is 4.91. The fourth-order valence-electron chi connectivity index (χ4n) is 2.86. The zero-order valence-electron chi connectivity index (χ0n) is 12.5. The van der Waals surface area contributed by atoms with Gasteiger partial charge in [-0.3, -0.25) is 0 Å². The van der Waals surface area contributed by atoms with Crippen molar-refractivity contribution in [1.82, 2.24) is 4.72 Å². The number of benzene rings is 1. The van der Waals surface area contributed by atoms with Crippen LogP contribution in [0, 0.1) is 5.92 Å². The maximum atomic E-state index is 12.2. The van der Waals surface area contributed by atoms with E-state index in [4.69, 9.17) is 4.74 Å². The molecule has 2 N–H and O–H groups in total. The minimum Gasteiger partial charge on any atom is -0.497 e. The van der Waals surface area contributed by atoms with Crippen molar-refractivity contribution in [3.05, 3.63) is 24.3 Å². The molecule has 1 saturated carbocycles. The monoisotopic (exact) mass is 313 g/mol. The van der Waals surface area contributed by atoms with Gasteiger partial charge in [-0.2, -0.15) is 0 Å². The summed E-state index contributed by atoms with van der Waals surface area (Å²) in [4.78, 5) is 0.177. The summed E-state index contributed by atoms with van der Waals surface area (Å²) in [6.45, 7) is 2.15. The number of nitrogens with one attached hydrogen (secondary N) is 1. The number of sulfonamides is 1. The largest absolute Gasteiger partial charge is 0.497 e. The smallest absolute Gasteiger partial charge is 0.240 e. The molecule has 1 aromatic carbocycles. The number of aliphatic hydroxyl groups is 1. The summed E-state index contributed by atoms with van der Waals surface area (Å²) in [6.07, 6.45) is 3.30. The molecule has 1 aromatic rings. The number of hydrogen-bond acceptors (Lipinski definition) is 4. The predicted molar refractivity (Wildman–Crippen MR) is 80.8 cm³/mol. The molecule has 2 atom stereocenters. The number of methoxy groups -OCH3 is 1. The molecule has 0 saturated heterocycles. The summed E-state index contributed by atoms with van der Waals surface area (Å²) in [5.74, 6) is 1.03. The third-order valence-corrected chi connectivity index (χ3v) is 5.45. The van der Waals surface area contributed by atoms with Crippen molar-refractivity contribution in [2.45, 2.75) is 43.1 Å². The zero-order valence-corrected chi connectivity index (χ0v) is 13.3. The molecule has 5 nitrogen and oxygen atoms in total. The molecular formula is C15H23NO4S. The van der Waals surface area contributed by atoms with Gasteiger partial charge in [0, 0.05) is 6.54 Å². The predicted octanol–water partition coefficient (Wildman–Crippen LogP) is 1.91. The van der Waals surface area contributed by atoms with Crippen LogP contribution in [0.3, 0.4) is 0 Å².